The highest BCUT2D eigenvalue weighted by Gasteiger charge is 2.20. The molecule has 5 nitrogen and oxygen atoms in total. The third-order valence-corrected chi connectivity index (χ3v) is 5.71. The van der Waals surface area contributed by atoms with Crippen molar-refractivity contribution in [3.8, 4) is 0 Å². The van der Waals surface area contributed by atoms with Crippen molar-refractivity contribution < 1.29 is 0 Å². The monoisotopic (exact) mass is 383 g/mol. The molecule has 1 aliphatic rings. The van der Waals surface area contributed by atoms with Crippen LogP contribution in [0.5, 0.6) is 0 Å². The lowest BCUT2D eigenvalue weighted by Crippen LogP contribution is -2.37. The summed E-state index contributed by atoms with van der Waals surface area (Å²) in [4.78, 5) is 4.59. The average molecular weight is 384 g/mol. The fourth-order valence-electron chi connectivity index (χ4n) is 3.91. The van der Waals surface area contributed by atoms with Crippen LogP contribution < -0.4 is 5.32 Å². The van der Waals surface area contributed by atoms with E-state index in [1.807, 2.05) is 12.1 Å². The maximum atomic E-state index is 5.99. The highest BCUT2D eigenvalue weighted by atomic mass is 35.5. The van der Waals surface area contributed by atoms with Gasteiger partial charge >= 0.3 is 0 Å². The van der Waals surface area contributed by atoms with Crippen LogP contribution in [-0.2, 0) is 26.1 Å². The van der Waals surface area contributed by atoms with E-state index in [4.69, 9.17) is 16.7 Å². The Balaban J connectivity index is 1.42. The zero-order valence-electron chi connectivity index (χ0n) is 16.2. The molecular weight excluding hydrogens is 358 g/mol. The van der Waals surface area contributed by atoms with E-state index in [0.29, 0.717) is 6.04 Å². The van der Waals surface area contributed by atoms with Crippen molar-refractivity contribution in [1.29, 1.82) is 0 Å². The predicted octanol–water partition coefficient (Wildman–Crippen LogP) is 3.81. The van der Waals surface area contributed by atoms with Crippen molar-refractivity contribution >= 4 is 11.6 Å². The molecule has 1 atom stereocenters. The number of fused-ring (bicyclic) bond motifs is 1. The predicted molar refractivity (Wildman–Crippen MR) is 108 cm³/mol. The summed E-state index contributed by atoms with van der Waals surface area (Å²) in [5, 5.41) is 9.26. The second kappa shape index (κ2) is 7.49. The Morgan fingerprint density at radius 2 is 1.96 bits per heavy atom. The van der Waals surface area contributed by atoms with Crippen molar-refractivity contribution in [1.82, 2.24) is 24.6 Å². The van der Waals surface area contributed by atoms with E-state index in [1.165, 1.54) is 22.6 Å². The maximum absolute atomic E-state index is 5.99. The first-order chi connectivity index (χ1) is 13.0. The molecule has 0 saturated heterocycles. The van der Waals surface area contributed by atoms with Gasteiger partial charge in [-0.1, -0.05) is 23.7 Å². The van der Waals surface area contributed by atoms with Crippen molar-refractivity contribution in [2.75, 3.05) is 0 Å². The van der Waals surface area contributed by atoms with E-state index >= 15 is 0 Å². The number of aryl methyl sites for hydroxylation is 3. The molecule has 1 aliphatic heterocycles. The summed E-state index contributed by atoms with van der Waals surface area (Å²) in [6.45, 7) is 8.94. The molecule has 3 heterocycles. The minimum atomic E-state index is 0.476. The molecule has 1 N–H and O–H groups in total. The number of aromatic nitrogens is 4. The second-order valence-electron chi connectivity index (χ2n) is 7.50. The highest BCUT2D eigenvalue weighted by Crippen LogP contribution is 2.19. The summed E-state index contributed by atoms with van der Waals surface area (Å²) in [7, 11) is 0. The number of imidazole rings is 1. The van der Waals surface area contributed by atoms with Gasteiger partial charge in [-0.15, -0.1) is 0 Å². The van der Waals surface area contributed by atoms with Gasteiger partial charge in [0.1, 0.15) is 5.82 Å². The van der Waals surface area contributed by atoms with Gasteiger partial charge in [-0.3, -0.25) is 4.68 Å². The Morgan fingerprint density at radius 1 is 1.19 bits per heavy atom. The number of hydrogen-bond donors (Lipinski definition) is 1. The van der Waals surface area contributed by atoms with Gasteiger partial charge < -0.3 is 9.88 Å². The summed E-state index contributed by atoms with van der Waals surface area (Å²) >= 11 is 5.99. The van der Waals surface area contributed by atoms with Gasteiger partial charge in [0.25, 0.3) is 0 Å². The Kier molecular flexibility index (Phi) is 5.06. The summed E-state index contributed by atoms with van der Waals surface area (Å²) in [6.07, 6.45) is 4.33. The van der Waals surface area contributed by atoms with Crippen LogP contribution in [-0.4, -0.2) is 25.4 Å². The van der Waals surface area contributed by atoms with Crippen LogP contribution in [0.25, 0.3) is 0 Å². The molecule has 1 aromatic carbocycles. The largest absolute Gasteiger partial charge is 0.333 e. The number of benzene rings is 1. The molecular formula is C21H26ClN5. The molecule has 4 rings (SSSR count). The number of hydrogen-bond acceptors (Lipinski definition) is 3. The first kappa shape index (κ1) is 18.3. The Hall–Kier alpha value is -2.11. The van der Waals surface area contributed by atoms with Crippen LogP contribution in [0.15, 0.2) is 30.5 Å². The smallest absolute Gasteiger partial charge is 0.109 e. The quantitative estimate of drug-likeness (QED) is 0.728. The van der Waals surface area contributed by atoms with Crippen LogP contribution in [0.4, 0.5) is 0 Å². The molecule has 1 unspecified atom stereocenters. The topological polar surface area (TPSA) is 47.7 Å². The molecule has 0 spiro atoms. The maximum Gasteiger partial charge on any atom is 0.109 e. The molecule has 142 valence electrons. The summed E-state index contributed by atoms with van der Waals surface area (Å²) in [5.41, 5.74) is 5.95. The molecule has 6 heteroatoms. The Labute approximate surface area is 165 Å². The minimum Gasteiger partial charge on any atom is -0.333 e. The fraction of sp³-hybridized carbons (Fsp3) is 0.429. The second-order valence-corrected chi connectivity index (χ2v) is 7.94. The van der Waals surface area contributed by atoms with Crippen LogP contribution in [0, 0.1) is 20.8 Å². The zero-order valence-corrected chi connectivity index (χ0v) is 16.9. The zero-order chi connectivity index (χ0) is 19.0. The van der Waals surface area contributed by atoms with E-state index in [1.54, 1.807) is 0 Å². The first-order valence-corrected chi connectivity index (χ1v) is 9.91. The lowest BCUT2D eigenvalue weighted by atomic mass is 10.1. The molecule has 0 radical (unpaired) electrons. The van der Waals surface area contributed by atoms with Gasteiger partial charge in [-0.25, -0.2) is 4.98 Å². The molecule has 2 aromatic heterocycles. The molecule has 27 heavy (non-hydrogen) atoms. The van der Waals surface area contributed by atoms with Gasteiger partial charge in [-0.05, 0) is 44.9 Å². The van der Waals surface area contributed by atoms with Crippen molar-refractivity contribution in [3.05, 3.63) is 69.5 Å². The van der Waals surface area contributed by atoms with Crippen LogP contribution in [0.1, 0.15) is 40.5 Å². The van der Waals surface area contributed by atoms with Crippen LogP contribution in [0.3, 0.4) is 0 Å². The van der Waals surface area contributed by atoms with Crippen molar-refractivity contribution in [3.63, 3.8) is 0 Å². The average Bonchev–Trinajstić information content (AvgIpc) is 3.13. The molecule has 0 aliphatic carbocycles. The van der Waals surface area contributed by atoms with E-state index in [9.17, 15) is 0 Å². The summed E-state index contributed by atoms with van der Waals surface area (Å²) in [5.74, 6) is 1.22. The number of nitrogens with zero attached hydrogens (tertiary/aromatic N) is 4. The summed E-state index contributed by atoms with van der Waals surface area (Å²) < 4.78 is 4.38. The Morgan fingerprint density at radius 3 is 2.74 bits per heavy atom. The molecule has 3 aromatic rings. The fourth-order valence-corrected chi connectivity index (χ4v) is 4.03. The SMILES string of the molecule is Cc1cn2c(n1)CCC(NCc1c(C)nn(Cc3ccc(Cl)cc3)c1C)C2. The van der Waals surface area contributed by atoms with E-state index in [0.717, 1.165) is 48.9 Å². The van der Waals surface area contributed by atoms with Crippen LogP contribution >= 0.6 is 11.6 Å². The van der Waals surface area contributed by atoms with Gasteiger partial charge in [0.2, 0.25) is 0 Å². The summed E-state index contributed by atoms with van der Waals surface area (Å²) in [6, 6.07) is 8.46. The number of nitrogens with one attached hydrogen (secondary N) is 1. The molecule has 0 amide bonds. The standard InChI is InChI=1S/C21H26ClN5/c1-14-11-26-13-19(8-9-21(26)24-14)23-10-20-15(2)25-27(16(20)3)12-17-4-6-18(22)7-5-17/h4-7,11,19,23H,8-10,12-13H2,1-3H3. The van der Waals surface area contributed by atoms with Crippen molar-refractivity contribution in [2.45, 2.75) is 59.3 Å². The van der Waals surface area contributed by atoms with Gasteiger partial charge in [0.05, 0.1) is 17.9 Å². The van der Waals surface area contributed by atoms with E-state index in [-0.39, 0.29) is 0 Å². The van der Waals surface area contributed by atoms with E-state index in [2.05, 4.69) is 58.7 Å². The van der Waals surface area contributed by atoms with Crippen molar-refractivity contribution in [2.24, 2.45) is 0 Å². The molecule has 0 bridgehead atoms. The third kappa shape index (κ3) is 3.94. The normalized spacial score (nSPS) is 16.5. The lowest BCUT2D eigenvalue weighted by molar-refractivity contribution is 0.378. The molecule has 0 fully saturated rings. The van der Waals surface area contributed by atoms with Crippen LogP contribution in [0.2, 0.25) is 5.02 Å². The lowest BCUT2D eigenvalue weighted by Gasteiger charge is -2.25. The first-order valence-electron chi connectivity index (χ1n) is 9.53. The minimum absolute atomic E-state index is 0.476. The molecule has 0 saturated carbocycles. The number of rotatable bonds is 5. The highest BCUT2D eigenvalue weighted by molar-refractivity contribution is 6.30. The third-order valence-electron chi connectivity index (χ3n) is 5.46. The Bertz CT molecular complexity index is 938. The van der Waals surface area contributed by atoms with Gasteiger partial charge in [0, 0.05) is 48.0 Å². The number of halogens is 1. The van der Waals surface area contributed by atoms with Gasteiger partial charge in [0.15, 0.2) is 0 Å². The van der Waals surface area contributed by atoms with E-state index < -0.39 is 0 Å². The van der Waals surface area contributed by atoms with Gasteiger partial charge in [-0.2, -0.15) is 5.10 Å².